The van der Waals surface area contributed by atoms with Gasteiger partial charge in [0.2, 0.25) is 11.8 Å². The summed E-state index contributed by atoms with van der Waals surface area (Å²) in [6.07, 6.45) is 3.40. The van der Waals surface area contributed by atoms with E-state index in [4.69, 9.17) is 10.5 Å². The van der Waals surface area contributed by atoms with Crippen molar-refractivity contribution < 1.29 is 4.74 Å². The summed E-state index contributed by atoms with van der Waals surface area (Å²) >= 11 is 0. The van der Waals surface area contributed by atoms with Crippen molar-refractivity contribution in [2.24, 2.45) is 5.73 Å². The van der Waals surface area contributed by atoms with Gasteiger partial charge in [-0.1, -0.05) is 29.8 Å². The summed E-state index contributed by atoms with van der Waals surface area (Å²) in [6, 6.07) is 14.0. The zero-order valence-corrected chi connectivity index (χ0v) is 14.5. The Morgan fingerprint density at radius 3 is 2.62 bits per heavy atom. The van der Waals surface area contributed by atoms with Crippen LogP contribution in [0.25, 0.3) is 5.69 Å². The first-order chi connectivity index (χ1) is 12.6. The number of nitrogens with zero attached hydrogens (tertiary/aromatic N) is 4. The van der Waals surface area contributed by atoms with Crippen LogP contribution in [0, 0.1) is 25.2 Å². The van der Waals surface area contributed by atoms with Gasteiger partial charge in [0.1, 0.15) is 11.6 Å². The van der Waals surface area contributed by atoms with Crippen LogP contribution in [0.15, 0.2) is 60.2 Å². The molecule has 3 heterocycles. The van der Waals surface area contributed by atoms with E-state index in [1.165, 1.54) is 0 Å². The van der Waals surface area contributed by atoms with Gasteiger partial charge in [-0.2, -0.15) is 15.0 Å². The molecule has 1 aliphatic heterocycles. The van der Waals surface area contributed by atoms with Crippen LogP contribution in [0.1, 0.15) is 28.3 Å². The standard InChI is InChI=1S/C20H17N5O/c1-12-5-7-14(8-6-12)18-16(10-21)19(22)26-20-17(18)13(2)24-25(20)15-4-3-9-23-11-15/h3-9,11,18H,22H2,1-2H3. The summed E-state index contributed by atoms with van der Waals surface area (Å²) in [7, 11) is 0. The number of benzene rings is 1. The number of hydrogen-bond donors (Lipinski definition) is 1. The SMILES string of the molecule is Cc1ccc(C2C(C#N)=C(N)Oc3c2c(C)nn3-c2cccnc2)cc1. The highest BCUT2D eigenvalue weighted by Gasteiger charge is 2.36. The summed E-state index contributed by atoms with van der Waals surface area (Å²) in [5.74, 6) is 0.322. The first kappa shape index (κ1) is 15.9. The minimum Gasteiger partial charge on any atom is -0.422 e. The molecule has 0 amide bonds. The van der Waals surface area contributed by atoms with E-state index in [1.54, 1.807) is 17.1 Å². The molecule has 26 heavy (non-hydrogen) atoms. The fourth-order valence-corrected chi connectivity index (χ4v) is 3.26. The molecule has 4 rings (SSSR count). The van der Waals surface area contributed by atoms with Gasteiger partial charge in [-0.15, -0.1) is 0 Å². The molecule has 2 aromatic heterocycles. The number of rotatable bonds is 2. The van der Waals surface area contributed by atoms with E-state index in [0.29, 0.717) is 11.5 Å². The number of aryl methyl sites for hydroxylation is 2. The van der Waals surface area contributed by atoms with E-state index in [0.717, 1.165) is 28.1 Å². The molecule has 2 N–H and O–H groups in total. The maximum Gasteiger partial charge on any atom is 0.229 e. The highest BCUT2D eigenvalue weighted by Crippen LogP contribution is 2.44. The van der Waals surface area contributed by atoms with Crippen LogP contribution >= 0.6 is 0 Å². The maximum absolute atomic E-state index is 9.68. The second kappa shape index (κ2) is 6.05. The second-order valence-corrected chi connectivity index (χ2v) is 6.26. The number of hydrogen-bond acceptors (Lipinski definition) is 5. The Hall–Kier alpha value is -3.59. The van der Waals surface area contributed by atoms with Crippen molar-refractivity contribution in [1.82, 2.24) is 14.8 Å². The van der Waals surface area contributed by atoms with Crippen LogP contribution in [0.5, 0.6) is 5.88 Å². The van der Waals surface area contributed by atoms with Gasteiger partial charge < -0.3 is 10.5 Å². The quantitative estimate of drug-likeness (QED) is 0.772. The molecule has 0 bridgehead atoms. The van der Waals surface area contributed by atoms with Gasteiger partial charge in [0.25, 0.3) is 0 Å². The Kier molecular flexibility index (Phi) is 3.70. The molecule has 1 unspecified atom stereocenters. The zero-order valence-electron chi connectivity index (χ0n) is 14.5. The third-order valence-corrected chi connectivity index (χ3v) is 4.53. The second-order valence-electron chi connectivity index (χ2n) is 6.26. The Morgan fingerprint density at radius 2 is 1.96 bits per heavy atom. The Labute approximate surface area is 151 Å². The van der Waals surface area contributed by atoms with Crippen LogP contribution in [0.4, 0.5) is 0 Å². The molecule has 0 saturated heterocycles. The summed E-state index contributed by atoms with van der Waals surface area (Å²) in [4.78, 5) is 4.14. The fourth-order valence-electron chi connectivity index (χ4n) is 3.26. The lowest BCUT2D eigenvalue weighted by molar-refractivity contribution is 0.367. The van der Waals surface area contributed by atoms with Gasteiger partial charge in [0.05, 0.1) is 29.1 Å². The van der Waals surface area contributed by atoms with Crippen LogP contribution in [0.2, 0.25) is 0 Å². The number of allylic oxidation sites excluding steroid dienone is 1. The monoisotopic (exact) mass is 343 g/mol. The third-order valence-electron chi connectivity index (χ3n) is 4.53. The van der Waals surface area contributed by atoms with E-state index in [9.17, 15) is 5.26 Å². The third kappa shape index (κ3) is 2.42. The number of aromatic nitrogens is 3. The molecule has 1 atom stereocenters. The minimum absolute atomic E-state index is 0.107. The molecular formula is C20H17N5O. The van der Waals surface area contributed by atoms with Crippen LogP contribution in [0.3, 0.4) is 0 Å². The van der Waals surface area contributed by atoms with Crippen LogP contribution < -0.4 is 10.5 Å². The van der Waals surface area contributed by atoms with Crippen molar-refractivity contribution in [2.75, 3.05) is 0 Å². The van der Waals surface area contributed by atoms with Gasteiger partial charge in [0, 0.05) is 6.20 Å². The topological polar surface area (TPSA) is 89.8 Å². The highest BCUT2D eigenvalue weighted by atomic mass is 16.5. The lowest BCUT2D eigenvalue weighted by Gasteiger charge is -2.25. The van der Waals surface area contributed by atoms with Crippen molar-refractivity contribution in [3.8, 4) is 17.6 Å². The predicted octanol–water partition coefficient (Wildman–Crippen LogP) is 3.10. The molecule has 0 aliphatic carbocycles. The van der Waals surface area contributed by atoms with Gasteiger partial charge in [0.15, 0.2) is 0 Å². The van der Waals surface area contributed by atoms with Crippen molar-refractivity contribution >= 4 is 0 Å². The Balaban J connectivity index is 1.95. The number of nitrogens with two attached hydrogens (primary N) is 1. The van der Waals surface area contributed by atoms with E-state index < -0.39 is 0 Å². The molecule has 1 aromatic carbocycles. The lowest BCUT2D eigenvalue weighted by Crippen LogP contribution is -2.22. The normalized spacial score (nSPS) is 16.0. The van der Waals surface area contributed by atoms with Crippen molar-refractivity contribution in [2.45, 2.75) is 19.8 Å². The van der Waals surface area contributed by atoms with E-state index in [-0.39, 0.29) is 11.8 Å². The summed E-state index contributed by atoms with van der Waals surface area (Å²) in [6.45, 7) is 3.94. The van der Waals surface area contributed by atoms with Crippen LogP contribution in [-0.2, 0) is 0 Å². The van der Waals surface area contributed by atoms with Gasteiger partial charge in [-0.05, 0) is 31.5 Å². The van der Waals surface area contributed by atoms with E-state index in [2.05, 4.69) is 16.2 Å². The zero-order chi connectivity index (χ0) is 18.3. The molecule has 3 aromatic rings. The highest BCUT2D eigenvalue weighted by molar-refractivity contribution is 5.57. The first-order valence-corrected chi connectivity index (χ1v) is 8.24. The van der Waals surface area contributed by atoms with Gasteiger partial charge in [-0.3, -0.25) is 4.98 Å². The number of pyridine rings is 1. The maximum atomic E-state index is 9.68. The number of ether oxygens (including phenoxy) is 1. The molecule has 0 radical (unpaired) electrons. The first-order valence-electron chi connectivity index (χ1n) is 8.24. The summed E-state index contributed by atoms with van der Waals surface area (Å²) < 4.78 is 7.51. The van der Waals surface area contributed by atoms with E-state index in [1.807, 2.05) is 50.2 Å². The van der Waals surface area contributed by atoms with Gasteiger partial charge in [-0.25, -0.2) is 0 Å². The minimum atomic E-state index is -0.310. The van der Waals surface area contributed by atoms with Crippen LogP contribution in [-0.4, -0.2) is 14.8 Å². The average Bonchev–Trinajstić information content (AvgIpc) is 2.98. The average molecular weight is 343 g/mol. The smallest absolute Gasteiger partial charge is 0.229 e. The largest absolute Gasteiger partial charge is 0.422 e. The van der Waals surface area contributed by atoms with E-state index >= 15 is 0 Å². The van der Waals surface area contributed by atoms with Crippen molar-refractivity contribution in [3.63, 3.8) is 0 Å². The summed E-state index contributed by atoms with van der Waals surface area (Å²) in [5, 5.41) is 14.3. The summed E-state index contributed by atoms with van der Waals surface area (Å²) in [5.41, 5.74) is 11.0. The molecule has 0 fully saturated rings. The van der Waals surface area contributed by atoms with Crippen molar-refractivity contribution in [3.05, 3.63) is 82.6 Å². The number of fused-ring (bicyclic) bond motifs is 1. The fraction of sp³-hybridized carbons (Fsp3) is 0.150. The predicted molar refractivity (Wildman–Crippen MR) is 96.6 cm³/mol. The lowest BCUT2D eigenvalue weighted by atomic mass is 9.84. The van der Waals surface area contributed by atoms with Crippen molar-refractivity contribution in [1.29, 1.82) is 5.26 Å². The molecule has 0 spiro atoms. The Morgan fingerprint density at radius 1 is 1.19 bits per heavy atom. The molecule has 1 aliphatic rings. The molecule has 128 valence electrons. The van der Waals surface area contributed by atoms with Gasteiger partial charge >= 0.3 is 0 Å². The molecule has 6 nitrogen and oxygen atoms in total. The molecule has 6 heteroatoms. The Bertz CT molecular complexity index is 1040. The molecule has 0 saturated carbocycles. The number of nitriles is 1. The molecular weight excluding hydrogens is 326 g/mol.